The summed E-state index contributed by atoms with van der Waals surface area (Å²) in [5, 5.41) is 0. The fourth-order valence-corrected chi connectivity index (χ4v) is 4.55. The van der Waals surface area contributed by atoms with Gasteiger partial charge in [0, 0.05) is 4.47 Å². The maximum Gasteiger partial charge on any atom is 0.0175 e. The second-order valence-corrected chi connectivity index (χ2v) is 8.82. The Morgan fingerprint density at radius 3 is 1.33 bits per heavy atom. The first-order chi connectivity index (χ1) is 16.3. The van der Waals surface area contributed by atoms with E-state index in [1.807, 2.05) is 0 Å². The molecule has 1 heteroatoms. The van der Waals surface area contributed by atoms with E-state index in [1.54, 1.807) is 0 Å². The Bertz CT molecular complexity index is 1330. The van der Waals surface area contributed by atoms with Crippen molar-refractivity contribution in [3.8, 4) is 11.1 Å². The van der Waals surface area contributed by atoms with Crippen molar-refractivity contribution in [2.75, 3.05) is 0 Å². The molecule has 0 amide bonds. The molecule has 33 heavy (non-hydrogen) atoms. The Kier molecular flexibility index (Phi) is 6.32. The highest BCUT2D eigenvalue weighted by Gasteiger charge is 2.18. The third kappa shape index (κ3) is 4.60. The molecule has 5 rings (SSSR count). The van der Waals surface area contributed by atoms with Gasteiger partial charge in [-0.2, -0.15) is 0 Å². The summed E-state index contributed by atoms with van der Waals surface area (Å²) in [6.07, 6.45) is 0. The van der Waals surface area contributed by atoms with E-state index < -0.39 is 0 Å². The molecule has 0 saturated heterocycles. The van der Waals surface area contributed by atoms with Gasteiger partial charge < -0.3 is 0 Å². The Hall–Kier alpha value is -3.68. The molecule has 0 nitrogen and oxygen atoms in total. The summed E-state index contributed by atoms with van der Waals surface area (Å²) >= 11 is 3.58. The van der Waals surface area contributed by atoms with Crippen LogP contribution >= 0.6 is 15.9 Å². The Morgan fingerprint density at radius 2 is 0.818 bits per heavy atom. The third-order valence-electron chi connectivity index (χ3n) is 5.79. The quantitative estimate of drug-likeness (QED) is 0.217. The first-order valence-electron chi connectivity index (χ1n) is 11.1. The summed E-state index contributed by atoms with van der Waals surface area (Å²) in [5.41, 5.74) is 9.69. The number of halogens is 1. The lowest BCUT2D eigenvalue weighted by Crippen LogP contribution is -1.99. The van der Waals surface area contributed by atoms with Crippen molar-refractivity contribution < 1.29 is 0 Å². The average molecular weight is 487 g/mol. The van der Waals surface area contributed by atoms with Crippen LogP contribution in [0, 0.1) is 0 Å². The Balaban J connectivity index is 1.88. The largest absolute Gasteiger partial charge is 0.0622 e. The fourth-order valence-electron chi connectivity index (χ4n) is 4.29. The van der Waals surface area contributed by atoms with Crippen molar-refractivity contribution >= 4 is 27.1 Å². The fraction of sp³-hybridized carbons (Fsp3) is 0. The second kappa shape index (κ2) is 9.85. The van der Waals surface area contributed by atoms with Crippen LogP contribution in [-0.2, 0) is 0 Å². The summed E-state index contributed by atoms with van der Waals surface area (Å²) in [4.78, 5) is 0. The molecule has 0 bridgehead atoms. The van der Waals surface area contributed by atoms with E-state index in [0.717, 1.165) is 4.47 Å². The van der Waals surface area contributed by atoms with Crippen LogP contribution in [-0.4, -0.2) is 0 Å². The van der Waals surface area contributed by atoms with Crippen molar-refractivity contribution in [2.24, 2.45) is 0 Å². The van der Waals surface area contributed by atoms with Crippen molar-refractivity contribution in [3.63, 3.8) is 0 Å². The van der Waals surface area contributed by atoms with Crippen LogP contribution in [0.25, 0.3) is 22.3 Å². The van der Waals surface area contributed by atoms with Crippen LogP contribution in [0.15, 0.2) is 144 Å². The predicted molar refractivity (Wildman–Crippen MR) is 144 cm³/mol. The van der Waals surface area contributed by atoms with E-state index in [2.05, 4.69) is 155 Å². The first-order valence-corrected chi connectivity index (χ1v) is 11.9. The van der Waals surface area contributed by atoms with E-state index in [0.29, 0.717) is 0 Å². The van der Waals surface area contributed by atoms with Crippen molar-refractivity contribution in [2.45, 2.75) is 0 Å². The molecule has 0 aliphatic heterocycles. The van der Waals surface area contributed by atoms with Gasteiger partial charge in [-0.25, -0.2) is 0 Å². The van der Waals surface area contributed by atoms with Crippen molar-refractivity contribution in [1.82, 2.24) is 0 Å². The van der Waals surface area contributed by atoms with Gasteiger partial charge in [0.15, 0.2) is 0 Å². The highest BCUT2D eigenvalue weighted by atomic mass is 79.9. The molecular weight excluding hydrogens is 464 g/mol. The molecule has 0 aliphatic rings. The molecule has 158 valence electrons. The van der Waals surface area contributed by atoms with Crippen LogP contribution in [0.5, 0.6) is 0 Å². The standard InChI is InChI=1S/C32H23Br/c33-28-22-20-24(21-23-28)29-18-10-11-19-30(29)32(27-16-8-3-9-17-27)31(25-12-4-1-5-13-25)26-14-6-2-7-15-26/h1-23H. The maximum atomic E-state index is 3.58. The second-order valence-electron chi connectivity index (χ2n) is 7.90. The maximum absolute atomic E-state index is 3.58. The number of hydrogen-bond acceptors (Lipinski definition) is 0. The molecule has 0 atom stereocenters. The van der Waals surface area contributed by atoms with Crippen molar-refractivity contribution in [3.05, 3.63) is 166 Å². The first kappa shape index (κ1) is 21.2. The van der Waals surface area contributed by atoms with E-state index in [9.17, 15) is 0 Å². The summed E-state index contributed by atoms with van der Waals surface area (Å²) < 4.78 is 1.08. The van der Waals surface area contributed by atoms with Gasteiger partial charge in [-0.1, -0.05) is 143 Å². The van der Waals surface area contributed by atoms with E-state index in [4.69, 9.17) is 0 Å². The summed E-state index contributed by atoms with van der Waals surface area (Å²) in [7, 11) is 0. The normalized spacial score (nSPS) is 10.6. The Morgan fingerprint density at radius 1 is 0.394 bits per heavy atom. The molecule has 0 aromatic heterocycles. The summed E-state index contributed by atoms with van der Waals surface area (Å²) in [5.74, 6) is 0. The van der Waals surface area contributed by atoms with Gasteiger partial charge in [0.2, 0.25) is 0 Å². The van der Waals surface area contributed by atoms with Crippen LogP contribution in [0.3, 0.4) is 0 Å². The molecule has 0 saturated carbocycles. The lowest BCUT2D eigenvalue weighted by molar-refractivity contribution is 1.49. The molecule has 5 aromatic carbocycles. The molecule has 0 fully saturated rings. The van der Waals surface area contributed by atoms with Gasteiger partial charge in [-0.15, -0.1) is 0 Å². The molecular formula is C32H23Br. The summed E-state index contributed by atoms with van der Waals surface area (Å²) in [6.45, 7) is 0. The highest BCUT2D eigenvalue weighted by Crippen LogP contribution is 2.40. The number of rotatable bonds is 5. The monoisotopic (exact) mass is 486 g/mol. The van der Waals surface area contributed by atoms with Gasteiger partial charge in [-0.05, 0) is 56.7 Å². The van der Waals surface area contributed by atoms with Gasteiger partial charge in [0.1, 0.15) is 0 Å². The van der Waals surface area contributed by atoms with Crippen LogP contribution in [0.2, 0.25) is 0 Å². The zero-order chi connectivity index (χ0) is 22.5. The Labute approximate surface area is 204 Å². The van der Waals surface area contributed by atoms with Gasteiger partial charge >= 0.3 is 0 Å². The lowest BCUT2D eigenvalue weighted by Gasteiger charge is -2.20. The molecule has 0 spiro atoms. The van der Waals surface area contributed by atoms with Gasteiger partial charge in [0.05, 0.1) is 0 Å². The molecule has 5 aromatic rings. The highest BCUT2D eigenvalue weighted by molar-refractivity contribution is 9.10. The molecule has 0 radical (unpaired) electrons. The predicted octanol–water partition coefficient (Wildman–Crippen LogP) is 9.12. The van der Waals surface area contributed by atoms with E-state index >= 15 is 0 Å². The van der Waals surface area contributed by atoms with E-state index in [1.165, 1.54) is 44.5 Å². The third-order valence-corrected chi connectivity index (χ3v) is 6.32. The lowest BCUT2D eigenvalue weighted by atomic mass is 9.83. The molecule has 0 aliphatic carbocycles. The summed E-state index contributed by atoms with van der Waals surface area (Å²) in [6, 6.07) is 49.4. The minimum atomic E-state index is 1.08. The zero-order valence-electron chi connectivity index (χ0n) is 18.2. The van der Waals surface area contributed by atoms with Crippen LogP contribution in [0.4, 0.5) is 0 Å². The van der Waals surface area contributed by atoms with Crippen LogP contribution < -0.4 is 0 Å². The molecule has 0 heterocycles. The molecule has 0 N–H and O–H groups in total. The minimum Gasteiger partial charge on any atom is -0.0622 e. The molecule has 0 unspecified atom stereocenters. The van der Waals surface area contributed by atoms with Crippen LogP contribution in [0.1, 0.15) is 22.3 Å². The van der Waals surface area contributed by atoms with Gasteiger partial charge in [0.25, 0.3) is 0 Å². The number of benzene rings is 5. The number of hydrogen-bond donors (Lipinski definition) is 0. The van der Waals surface area contributed by atoms with Gasteiger partial charge in [-0.3, -0.25) is 0 Å². The zero-order valence-corrected chi connectivity index (χ0v) is 19.7. The average Bonchev–Trinajstić information content (AvgIpc) is 2.89. The SMILES string of the molecule is Brc1ccc(-c2ccccc2C(=C(c2ccccc2)c2ccccc2)c2ccccc2)cc1. The smallest absolute Gasteiger partial charge is 0.0175 e. The minimum absolute atomic E-state index is 1.08. The topological polar surface area (TPSA) is 0 Å². The van der Waals surface area contributed by atoms with Crippen molar-refractivity contribution in [1.29, 1.82) is 0 Å². The van der Waals surface area contributed by atoms with E-state index in [-0.39, 0.29) is 0 Å².